The van der Waals surface area contributed by atoms with Crippen molar-refractivity contribution in [2.24, 2.45) is 0 Å². The van der Waals surface area contributed by atoms with Gasteiger partial charge >= 0.3 is 0 Å². The van der Waals surface area contributed by atoms with Crippen LogP contribution in [0.25, 0.3) is 0 Å². The minimum absolute atomic E-state index is 0.206. The van der Waals surface area contributed by atoms with E-state index in [2.05, 4.69) is 10.2 Å². The molecule has 0 unspecified atom stereocenters. The second kappa shape index (κ2) is 4.99. The molecule has 0 atom stereocenters. The summed E-state index contributed by atoms with van der Waals surface area (Å²) in [5.74, 6) is -0.309. The first-order valence-electron chi connectivity index (χ1n) is 4.28. The second-order valence-electron chi connectivity index (χ2n) is 2.85. The van der Waals surface area contributed by atoms with Gasteiger partial charge in [0.2, 0.25) is 0 Å². The van der Waals surface area contributed by atoms with Crippen molar-refractivity contribution >= 4 is 35.0 Å². The van der Waals surface area contributed by atoms with Gasteiger partial charge in [0, 0.05) is 4.90 Å². The predicted octanol–water partition coefficient (Wildman–Crippen LogP) is 4.07. The van der Waals surface area contributed by atoms with Gasteiger partial charge in [-0.1, -0.05) is 47.1 Å². The van der Waals surface area contributed by atoms with Gasteiger partial charge in [-0.25, -0.2) is 4.39 Å². The van der Waals surface area contributed by atoms with Crippen LogP contribution < -0.4 is 0 Å². The number of rotatable bonds is 2. The van der Waals surface area contributed by atoms with Crippen LogP contribution in [0.4, 0.5) is 4.39 Å². The Hall–Kier alpha value is -0.840. The van der Waals surface area contributed by atoms with Crippen LogP contribution in [0.2, 0.25) is 10.3 Å². The van der Waals surface area contributed by atoms with Gasteiger partial charge in [-0.3, -0.25) is 0 Å². The van der Waals surface area contributed by atoms with Gasteiger partial charge in [-0.15, -0.1) is 10.2 Å². The topological polar surface area (TPSA) is 25.8 Å². The van der Waals surface area contributed by atoms with Gasteiger partial charge in [0.25, 0.3) is 0 Å². The van der Waals surface area contributed by atoms with E-state index in [1.807, 2.05) is 0 Å². The number of hydrogen-bond donors (Lipinski definition) is 0. The van der Waals surface area contributed by atoms with Crippen molar-refractivity contribution in [3.05, 3.63) is 46.5 Å². The molecule has 16 heavy (non-hydrogen) atoms. The molecule has 0 amide bonds. The Morgan fingerprint density at radius 2 is 1.81 bits per heavy atom. The Labute approximate surface area is 106 Å². The first-order valence-corrected chi connectivity index (χ1v) is 5.85. The highest BCUT2D eigenvalue weighted by atomic mass is 35.5. The molecule has 0 radical (unpaired) electrons. The predicted molar refractivity (Wildman–Crippen MR) is 62.6 cm³/mol. The molecule has 0 N–H and O–H groups in total. The Bertz CT molecular complexity index is 522. The molecule has 0 fully saturated rings. The maximum atomic E-state index is 13.4. The summed E-state index contributed by atoms with van der Waals surface area (Å²) in [6, 6.07) is 7.96. The van der Waals surface area contributed by atoms with Crippen molar-refractivity contribution in [1.29, 1.82) is 0 Å². The quantitative estimate of drug-likeness (QED) is 0.826. The van der Waals surface area contributed by atoms with Crippen molar-refractivity contribution in [2.75, 3.05) is 0 Å². The highest BCUT2D eigenvalue weighted by molar-refractivity contribution is 7.99. The number of nitrogens with zero attached hydrogens (tertiary/aromatic N) is 2. The van der Waals surface area contributed by atoms with Gasteiger partial charge in [0.15, 0.2) is 10.3 Å². The molecular weight excluding hydrogens is 270 g/mol. The van der Waals surface area contributed by atoms with Crippen LogP contribution in [-0.4, -0.2) is 10.2 Å². The van der Waals surface area contributed by atoms with Crippen LogP contribution in [0.5, 0.6) is 0 Å². The van der Waals surface area contributed by atoms with Crippen LogP contribution in [0, 0.1) is 5.82 Å². The fourth-order valence-corrected chi connectivity index (χ4v) is 2.32. The van der Waals surface area contributed by atoms with E-state index in [-0.39, 0.29) is 16.1 Å². The third-order valence-electron chi connectivity index (χ3n) is 1.74. The van der Waals surface area contributed by atoms with Crippen LogP contribution in [-0.2, 0) is 0 Å². The van der Waals surface area contributed by atoms with Crippen molar-refractivity contribution in [3.63, 3.8) is 0 Å². The summed E-state index contributed by atoms with van der Waals surface area (Å²) >= 11 is 12.7. The number of halogens is 3. The Morgan fingerprint density at radius 1 is 1.06 bits per heavy atom. The highest BCUT2D eigenvalue weighted by Gasteiger charge is 2.08. The molecule has 0 aliphatic heterocycles. The molecule has 2 aromatic rings. The third-order valence-corrected chi connectivity index (χ3v) is 3.40. The van der Waals surface area contributed by atoms with Gasteiger partial charge < -0.3 is 0 Å². The molecule has 1 aromatic heterocycles. The molecule has 2 nitrogen and oxygen atoms in total. The first-order chi connectivity index (χ1) is 7.66. The molecule has 82 valence electrons. The Balaban J connectivity index is 2.34. The normalized spacial score (nSPS) is 10.4. The van der Waals surface area contributed by atoms with E-state index in [0.29, 0.717) is 9.79 Å². The Morgan fingerprint density at radius 3 is 2.56 bits per heavy atom. The zero-order valence-electron chi connectivity index (χ0n) is 7.82. The third kappa shape index (κ3) is 2.64. The van der Waals surface area contributed by atoms with Crippen LogP contribution in [0.15, 0.2) is 40.1 Å². The first kappa shape index (κ1) is 11.6. The monoisotopic (exact) mass is 274 g/mol. The van der Waals surface area contributed by atoms with Crippen LogP contribution in [0.3, 0.4) is 0 Å². The summed E-state index contributed by atoms with van der Waals surface area (Å²) in [6.07, 6.45) is 0. The lowest BCUT2D eigenvalue weighted by atomic mass is 10.3. The number of benzene rings is 1. The van der Waals surface area contributed by atoms with Gasteiger partial charge in [0.05, 0.1) is 4.90 Å². The molecule has 1 aromatic carbocycles. The van der Waals surface area contributed by atoms with Crippen LogP contribution in [0.1, 0.15) is 0 Å². The molecule has 1 heterocycles. The fourth-order valence-electron chi connectivity index (χ4n) is 1.06. The largest absolute Gasteiger partial charge is 0.206 e. The maximum Gasteiger partial charge on any atom is 0.165 e. The summed E-state index contributed by atoms with van der Waals surface area (Å²) in [5.41, 5.74) is 0. The lowest BCUT2D eigenvalue weighted by molar-refractivity contribution is 0.602. The smallest absolute Gasteiger partial charge is 0.165 e. The van der Waals surface area contributed by atoms with E-state index in [0.717, 1.165) is 11.8 Å². The summed E-state index contributed by atoms with van der Waals surface area (Å²) in [4.78, 5) is 1.04. The second-order valence-corrected chi connectivity index (χ2v) is 4.68. The maximum absolute atomic E-state index is 13.4. The molecule has 0 saturated carbocycles. The standard InChI is InChI=1S/C10H5Cl2FN2S/c11-9-5-8(10(12)15-14-9)16-7-4-2-1-3-6(7)13/h1-5H. The minimum Gasteiger partial charge on any atom is -0.206 e. The molecule has 0 aliphatic carbocycles. The zero-order valence-corrected chi connectivity index (χ0v) is 10.2. The van der Waals surface area contributed by atoms with E-state index in [9.17, 15) is 4.39 Å². The van der Waals surface area contributed by atoms with E-state index in [4.69, 9.17) is 23.2 Å². The Kier molecular flexibility index (Phi) is 3.63. The lowest BCUT2D eigenvalue weighted by Crippen LogP contribution is -1.87. The van der Waals surface area contributed by atoms with Crippen molar-refractivity contribution in [3.8, 4) is 0 Å². The molecule has 0 bridgehead atoms. The molecule has 0 spiro atoms. The number of aromatic nitrogens is 2. The average Bonchev–Trinajstić information content (AvgIpc) is 2.27. The molecule has 2 rings (SSSR count). The summed E-state index contributed by atoms with van der Waals surface area (Å²) in [5, 5.41) is 7.66. The zero-order chi connectivity index (χ0) is 11.5. The van der Waals surface area contributed by atoms with Gasteiger partial charge in [-0.05, 0) is 18.2 Å². The van der Waals surface area contributed by atoms with Crippen LogP contribution >= 0.6 is 35.0 Å². The average molecular weight is 275 g/mol. The van der Waals surface area contributed by atoms with E-state index < -0.39 is 0 Å². The van der Waals surface area contributed by atoms with E-state index in [1.165, 1.54) is 6.07 Å². The fraction of sp³-hybridized carbons (Fsp3) is 0. The molecular formula is C10H5Cl2FN2S. The summed E-state index contributed by atoms with van der Waals surface area (Å²) in [7, 11) is 0. The van der Waals surface area contributed by atoms with E-state index in [1.54, 1.807) is 24.3 Å². The SMILES string of the molecule is Fc1ccccc1Sc1cc(Cl)nnc1Cl. The molecule has 0 aliphatic rings. The molecule has 0 saturated heterocycles. The minimum atomic E-state index is -0.309. The lowest BCUT2D eigenvalue weighted by Gasteiger charge is -2.03. The van der Waals surface area contributed by atoms with Gasteiger partial charge in [-0.2, -0.15) is 0 Å². The summed E-state index contributed by atoms with van der Waals surface area (Å²) in [6.45, 7) is 0. The van der Waals surface area contributed by atoms with Crippen molar-refractivity contribution < 1.29 is 4.39 Å². The summed E-state index contributed by atoms with van der Waals surface area (Å²) < 4.78 is 13.4. The van der Waals surface area contributed by atoms with E-state index >= 15 is 0 Å². The highest BCUT2D eigenvalue weighted by Crippen LogP contribution is 2.34. The molecule has 6 heteroatoms. The van der Waals surface area contributed by atoms with Crippen molar-refractivity contribution in [2.45, 2.75) is 9.79 Å². The van der Waals surface area contributed by atoms with Gasteiger partial charge in [0.1, 0.15) is 5.82 Å². The van der Waals surface area contributed by atoms with Crippen molar-refractivity contribution in [1.82, 2.24) is 10.2 Å². The number of hydrogen-bond acceptors (Lipinski definition) is 3.